The highest BCUT2D eigenvalue weighted by atomic mass is 19.4. The quantitative estimate of drug-likeness (QED) is 0.234. The van der Waals surface area contributed by atoms with Gasteiger partial charge in [-0.25, -0.2) is 4.98 Å². The molecular weight excluding hydrogens is 479 g/mol. The first-order valence-electron chi connectivity index (χ1n) is 12.3. The molecule has 38 heavy (non-hydrogen) atoms. The number of hydrogen-bond acceptors (Lipinski definition) is 1. The van der Waals surface area contributed by atoms with Crippen LogP contribution < -0.4 is 0 Å². The molecule has 0 amide bonds. The Hall–Kier alpha value is -4.70. The molecule has 4 heteroatoms. The molecule has 6 rings (SSSR count). The molecule has 184 valence electrons. The zero-order valence-electron chi connectivity index (χ0n) is 20.3. The normalized spacial score (nSPS) is 11.6. The van der Waals surface area contributed by atoms with Crippen LogP contribution in [0.25, 0.3) is 55.5 Å². The van der Waals surface area contributed by atoms with E-state index in [1.54, 1.807) is 0 Å². The lowest BCUT2D eigenvalue weighted by Gasteiger charge is -2.10. The van der Waals surface area contributed by atoms with Crippen LogP contribution in [0, 0.1) is 0 Å². The van der Waals surface area contributed by atoms with Crippen molar-refractivity contribution in [3.8, 4) is 44.6 Å². The smallest absolute Gasteiger partial charge is 0.248 e. The molecular formula is C34H22F3N. The Labute approximate surface area is 218 Å². The van der Waals surface area contributed by atoms with Gasteiger partial charge in [-0.15, -0.1) is 0 Å². The Kier molecular flexibility index (Phi) is 6.01. The summed E-state index contributed by atoms with van der Waals surface area (Å²) in [7, 11) is 0. The summed E-state index contributed by atoms with van der Waals surface area (Å²) in [5.74, 6) is 0. The van der Waals surface area contributed by atoms with Crippen LogP contribution in [-0.2, 0) is 6.18 Å². The third-order valence-corrected chi connectivity index (χ3v) is 6.74. The van der Waals surface area contributed by atoms with Gasteiger partial charge in [0.2, 0.25) is 0 Å². The number of fused-ring (bicyclic) bond motifs is 1. The number of rotatable bonds is 4. The van der Waals surface area contributed by atoms with Crippen LogP contribution in [0.4, 0.5) is 13.2 Å². The van der Waals surface area contributed by atoms with Crippen LogP contribution in [0.5, 0.6) is 0 Å². The third kappa shape index (κ3) is 4.81. The van der Waals surface area contributed by atoms with Crippen LogP contribution >= 0.6 is 0 Å². The third-order valence-electron chi connectivity index (χ3n) is 6.74. The van der Waals surface area contributed by atoms with Gasteiger partial charge in [0.25, 0.3) is 0 Å². The Morgan fingerprint density at radius 3 is 1.50 bits per heavy atom. The predicted octanol–water partition coefficient (Wildman–Crippen LogP) is 9.92. The van der Waals surface area contributed by atoms with E-state index >= 15 is 0 Å². The van der Waals surface area contributed by atoms with Crippen LogP contribution in [0.1, 0.15) is 5.56 Å². The molecule has 5 aromatic carbocycles. The molecule has 1 heterocycles. The fraction of sp³-hybridized carbons (Fsp3) is 0.0294. The second-order valence-corrected chi connectivity index (χ2v) is 9.20. The molecule has 0 saturated heterocycles. The van der Waals surface area contributed by atoms with Crippen molar-refractivity contribution in [3.05, 3.63) is 139 Å². The number of pyridine rings is 1. The summed E-state index contributed by atoms with van der Waals surface area (Å²) in [4.78, 5) is 4.80. The van der Waals surface area contributed by atoms with Crippen molar-refractivity contribution in [3.63, 3.8) is 0 Å². The van der Waals surface area contributed by atoms with Gasteiger partial charge >= 0.3 is 6.18 Å². The first-order valence-corrected chi connectivity index (χ1v) is 12.3. The Bertz CT molecular complexity index is 1720. The van der Waals surface area contributed by atoms with E-state index in [9.17, 15) is 13.2 Å². The highest BCUT2D eigenvalue weighted by Gasteiger charge is 2.29. The minimum Gasteiger partial charge on any atom is -0.248 e. The van der Waals surface area contributed by atoms with Crippen molar-refractivity contribution in [2.24, 2.45) is 0 Å². The molecule has 0 aliphatic carbocycles. The molecule has 0 fully saturated rings. The number of para-hydroxylation sites is 1. The lowest BCUT2D eigenvalue weighted by molar-refractivity contribution is -0.137. The molecule has 0 radical (unpaired) electrons. The molecule has 1 nitrogen and oxygen atoms in total. The summed E-state index contributed by atoms with van der Waals surface area (Å²) >= 11 is 0. The molecule has 0 N–H and O–H groups in total. The molecule has 0 spiro atoms. The van der Waals surface area contributed by atoms with Crippen molar-refractivity contribution < 1.29 is 13.2 Å². The van der Waals surface area contributed by atoms with E-state index in [1.165, 1.54) is 12.1 Å². The number of alkyl halides is 3. The molecule has 0 aliphatic rings. The number of hydrogen-bond donors (Lipinski definition) is 0. The summed E-state index contributed by atoms with van der Waals surface area (Å²) < 4.78 is 38.6. The van der Waals surface area contributed by atoms with Crippen LogP contribution in [0.3, 0.4) is 0 Å². The summed E-state index contributed by atoms with van der Waals surface area (Å²) in [5, 5.41) is 1.12. The van der Waals surface area contributed by atoms with Gasteiger partial charge in [-0.3, -0.25) is 0 Å². The van der Waals surface area contributed by atoms with Crippen molar-refractivity contribution in [1.29, 1.82) is 0 Å². The maximum absolute atomic E-state index is 12.9. The maximum Gasteiger partial charge on any atom is 0.416 e. The first kappa shape index (κ1) is 23.7. The summed E-state index contributed by atoms with van der Waals surface area (Å²) in [6, 6.07) is 42.1. The van der Waals surface area contributed by atoms with E-state index in [4.69, 9.17) is 4.98 Å². The maximum atomic E-state index is 12.9. The van der Waals surface area contributed by atoms with Crippen molar-refractivity contribution in [2.45, 2.75) is 6.18 Å². The van der Waals surface area contributed by atoms with Crippen LogP contribution in [0.15, 0.2) is 133 Å². The van der Waals surface area contributed by atoms with Gasteiger partial charge in [0.15, 0.2) is 0 Å². The summed E-state index contributed by atoms with van der Waals surface area (Å²) in [6.45, 7) is 0. The second-order valence-electron chi connectivity index (χ2n) is 9.20. The largest absolute Gasteiger partial charge is 0.416 e. The zero-order chi connectivity index (χ0) is 26.1. The molecule has 0 bridgehead atoms. The minimum absolute atomic E-state index is 0.642. The van der Waals surface area contributed by atoms with E-state index in [0.717, 1.165) is 67.7 Å². The molecule has 0 atom stereocenters. The van der Waals surface area contributed by atoms with Gasteiger partial charge in [0.05, 0.1) is 16.8 Å². The topological polar surface area (TPSA) is 12.9 Å². The van der Waals surface area contributed by atoms with Crippen LogP contribution in [0.2, 0.25) is 0 Å². The number of halogens is 3. The fourth-order valence-electron chi connectivity index (χ4n) is 4.65. The first-order chi connectivity index (χ1) is 18.4. The average Bonchev–Trinajstić information content (AvgIpc) is 2.97. The lowest BCUT2D eigenvalue weighted by atomic mass is 9.96. The SMILES string of the molecule is FC(F)(F)c1ccc(-c2ccc(-c3cccc(-c4ccc(-c5ccc6ccccc6n5)cc4)c3)cc2)cc1. The van der Waals surface area contributed by atoms with E-state index in [-0.39, 0.29) is 0 Å². The number of benzene rings is 5. The van der Waals surface area contributed by atoms with E-state index in [0.29, 0.717) is 0 Å². The summed E-state index contributed by atoms with van der Waals surface area (Å²) in [6.07, 6.45) is -4.33. The van der Waals surface area contributed by atoms with E-state index < -0.39 is 11.7 Å². The molecule has 0 saturated carbocycles. The fourth-order valence-corrected chi connectivity index (χ4v) is 4.65. The molecule has 0 unspecified atom stereocenters. The van der Waals surface area contributed by atoms with Gasteiger partial charge in [0, 0.05) is 10.9 Å². The molecule has 6 aromatic rings. The van der Waals surface area contributed by atoms with E-state index in [1.807, 2.05) is 54.6 Å². The van der Waals surface area contributed by atoms with Crippen LogP contribution in [-0.4, -0.2) is 4.98 Å². The Morgan fingerprint density at radius 1 is 0.421 bits per heavy atom. The zero-order valence-corrected chi connectivity index (χ0v) is 20.3. The molecule has 1 aromatic heterocycles. The van der Waals surface area contributed by atoms with Crippen molar-refractivity contribution >= 4 is 10.9 Å². The summed E-state index contributed by atoms with van der Waals surface area (Å²) in [5.41, 5.74) is 8.29. The Morgan fingerprint density at radius 2 is 0.921 bits per heavy atom. The predicted molar refractivity (Wildman–Crippen MR) is 148 cm³/mol. The van der Waals surface area contributed by atoms with Crippen molar-refractivity contribution in [1.82, 2.24) is 4.98 Å². The Balaban J connectivity index is 1.23. The van der Waals surface area contributed by atoms with Gasteiger partial charge in [0.1, 0.15) is 0 Å². The lowest BCUT2D eigenvalue weighted by Crippen LogP contribution is -2.03. The van der Waals surface area contributed by atoms with Gasteiger partial charge in [-0.2, -0.15) is 13.2 Å². The standard InChI is InChI=1S/C34H22F3N/c35-34(36,37)31-19-16-24(17-20-31)23-8-10-25(11-9-23)29-5-3-6-30(22-29)26-12-14-28(15-13-26)33-21-18-27-4-1-2-7-32(27)38-33/h1-22H. The van der Waals surface area contributed by atoms with E-state index in [2.05, 4.69) is 54.6 Å². The highest BCUT2D eigenvalue weighted by Crippen LogP contribution is 2.33. The minimum atomic E-state index is -4.33. The average molecular weight is 502 g/mol. The molecule has 0 aliphatic heterocycles. The number of aromatic nitrogens is 1. The van der Waals surface area contributed by atoms with Gasteiger partial charge in [-0.1, -0.05) is 103 Å². The van der Waals surface area contributed by atoms with Crippen molar-refractivity contribution in [2.75, 3.05) is 0 Å². The number of nitrogens with zero attached hydrogens (tertiary/aromatic N) is 1. The second kappa shape index (κ2) is 9.64. The van der Waals surface area contributed by atoms with Gasteiger partial charge < -0.3 is 0 Å². The van der Waals surface area contributed by atoms with Gasteiger partial charge in [-0.05, 0) is 63.7 Å². The monoisotopic (exact) mass is 501 g/mol. The highest BCUT2D eigenvalue weighted by molar-refractivity contribution is 5.82.